The summed E-state index contributed by atoms with van der Waals surface area (Å²) in [5.74, 6) is 0.0476. The summed E-state index contributed by atoms with van der Waals surface area (Å²) in [6, 6.07) is 15.4. The highest BCUT2D eigenvalue weighted by atomic mass is 32.1. The maximum Gasteiger partial charge on any atom is 0.217 e. The van der Waals surface area contributed by atoms with Crippen LogP contribution in [0.15, 0.2) is 47.8 Å². The van der Waals surface area contributed by atoms with E-state index in [4.69, 9.17) is 0 Å². The summed E-state index contributed by atoms with van der Waals surface area (Å²) in [6.45, 7) is 8.00. The summed E-state index contributed by atoms with van der Waals surface area (Å²) in [5, 5.41) is 5.23. The molecule has 0 aliphatic carbocycles. The molecule has 0 radical (unpaired) electrons. The summed E-state index contributed by atoms with van der Waals surface area (Å²) < 4.78 is 0. The Morgan fingerprint density at radius 2 is 1.88 bits per heavy atom. The summed E-state index contributed by atoms with van der Waals surface area (Å²) in [6.07, 6.45) is 0. The van der Waals surface area contributed by atoms with Crippen LogP contribution in [0.1, 0.15) is 24.8 Å². The molecule has 2 atom stereocenters. The summed E-state index contributed by atoms with van der Waals surface area (Å²) in [4.78, 5) is 16.9. The molecule has 24 heavy (non-hydrogen) atoms. The van der Waals surface area contributed by atoms with Crippen molar-refractivity contribution in [3.05, 3.63) is 52.7 Å². The molecule has 0 spiro atoms. The van der Waals surface area contributed by atoms with Crippen molar-refractivity contribution in [2.45, 2.75) is 25.9 Å². The normalized spacial score (nSPS) is 18.2. The number of para-hydroxylation sites is 1. The minimum atomic E-state index is 0.0476. The number of anilines is 1. The van der Waals surface area contributed by atoms with Crippen molar-refractivity contribution in [2.24, 2.45) is 0 Å². The average molecular weight is 345 g/mol. The van der Waals surface area contributed by atoms with Crippen molar-refractivity contribution in [2.75, 3.05) is 31.1 Å². The molecule has 2 N–H and O–H groups in total. The molecular formula is C19H26N3OS+. The second kappa shape index (κ2) is 7.81. The molecule has 2 unspecified atom stereocenters. The van der Waals surface area contributed by atoms with Gasteiger partial charge in [-0.15, -0.1) is 11.3 Å². The fourth-order valence-electron chi connectivity index (χ4n) is 3.68. The number of carbonyl (C=O) groups is 1. The molecule has 1 amide bonds. The van der Waals surface area contributed by atoms with Gasteiger partial charge in [0.1, 0.15) is 6.04 Å². The average Bonchev–Trinajstić information content (AvgIpc) is 3.10. The van der Waals surface area contributed by atoms with Gasteiger partial charge in [-0.2, -0.15) is 0 Å². The van der Waals surface area contributed by atoms with E-state index < -0.39 is 0 Å². The summed E-state index contributed by atoms with van der Waals surface area (Å²) in [7, 11) is 0. The van der Waals surface area contributed by atoms with E-state index in [1.165, 1.54) is 10.6 Å². The highest BCUT2D eigenvalue weighted by Crippen LogP contribution is 2.21. The molecule has 0 bridgehead atoms. The third-order valence-electron chi connectivity index (χ3n) is 4.75. The predicted molar refractivity (Wildman–Crippen MR) is 99.7 cm³/mol. The first-order valence-corrected chi connectivity index (χ1v) is 9.48. The number of quaternary nitrogens is 1. The smallest absolute Gasteiger partial charge is 0.217 e. The van der Waals surface area contributed by atoms with Crippen LogP contribution in [0, 0.1) is 0 Å². The SMILES string of the molecule is CC(=O)NC(C)C(c1cccs1)[NH+]1CCN(c2ccccc2)CC1. The number of hydrogen-bond acceptors (Lipinski definition) is 3. The molecule has 1 aromatic heterocycles. The van der Waals surface area contributed by atoms with E-state index in [0.29, 0.717) is 6.04 Å². The Bertz CT molecular complexity index is 636. The van der Waals surface area contributed by atoms with Gasteiger partial charge in [0.2, 0.25) is 5.91 Å². The van der Waals surface area contributed by atoms with Crippen LogP contribution in [0.25, 0.3) is 0 Å². The lowest BCUT2D eigenvalue weighted by molar-refractivity contribution is -0.933. The number of rotatable bonds is 5. The van der Waals surface area contributed by atoms with Crippen molar-refractivity contribution < 1.29 is 9.69 Å². The van der Waals surface area contributed by atoms with Crippen LogP contribution in [0.3, 0.4) is 0 Å². The highest BCUT2D eigenvalue weighted by Gasteiger charge is 2.33. The minimum absolute atomic E-state index is 0.0476. The van der Waals surface area contributed by atoms with E-state index >= 15 is 0 Å². The monoisotopic (exact) mass is 344 g/mol. The maximum absolute atomic E-state index is 11.5. The Morgan fingerprint density at radius 3 is 2.46 bits per heavy atom. The molecule has 1 aromatic carbocycles. The first-order valence-electron chi connectivity index (χ1n) is 8.60. The number of nitrogens with zero attached hydrogens (tertiary/aromatic N) is 1. The van der Waals surface area contributed by atoms with Crippen molar-refractivity contribution in [3.8, 4) is 0 Å². The topological polar surface area (TPSA) is 36.8 Å². The zero-order valence-electron chi connectivity index (χ0n) is 14.4. The van der Waals surface area contributed by atoms with Gasteiger partial charge in [-0.05, 0) is 30.5 Å². The molecule has 2 aromatic rings. The van der Waals surface area contributed by atoms with Gasteiger partial charge < -0.3 is 15.1 Å². The van der Waals surface area contributed by atoms with Gasteiger partial charge in [-0.3, -0.25) is 4.79 Å². The van der Waals surface area contributed by atoms with Gasteiger partial charge in [-0.25, -0.2) is 0 Å². The molecule has 5 heteroatoms. The Morgan fingerprint density at radius 1 is 1.17 bits per heavy atom. The van der Waals surface area contributed by atoms with Gasteiger partial charge in [-0.1, -0.05) is 24.3 Å². The van der Waals surface area contributed by atoms with E-state index in [1.807, 2.05) is 0 Å². The number of hydrogen-bond donors (Lipinski definition) is 2. The maximum atomic E-state index is 11.5. The zero-order valence-corrected chi connectivity index (χ0v) is 15.2. The van der Waals surface area contributed by atoms with Gasteiger partial charge in [0, 0.05) is 12.6 Å². The second-order valence-electron chi connectivity index (χ2n) is 6.46. The third kappa shape index (κ3) is 3.97. The standard InChI is InChI=1S/C19H25N3OS/c1-15(20-16(2)23)19(18-9-6-14-24-18)22-12-10-21(11-13-22)17-7-4-3-5-8-17/h3-9,14-15,19H,10-13H2,1-2H3,(H,20,23)/p+1. The summed E-state index contributed by atoms with van der Waals surface area (Å²) >= 11 is 1.79. The van der Waals surface area contributed by atoms with Crippen LogP contribution >= 0.6 is 11.3 Å². The lowest BCUT2D eigenvalue weighted by atomic mass is 10.0. The molecule has 2 heterocycles. The van der Waals surface area contributed by atoms with Crippen molar-refractivity contribution >= 4 is 22.9 Å². The largest absolute Gasteiger partial charge is 0.360 e. The Hall–Kier alpha value is -1.85. The fourth-order valence-corrected chi connectivity index (χ4v) is 4.66. The third-order valence-corrected chi connectivity index (χ3v) is 5.70. The number of piperazine rings is 1. The summed E-state index contributed by atoms with van der Waals surface area (Å²) in [5.41, 5.74) is 1.30. The fraction of sp³-hybridized carbons (Fsp3) is 0.421. The van der Waals surface area contributed by atoms with Crippen molar-refractivity contribution in [3.63, 3.8) is 0 Å². The molecule has 3 rings (SSSR count). The second-order valence-corrected chi connectivity index (χ2v) is 7.44. The molecule has 128 valence electrons. The van der Waals surface area contributed by atoms with Gasteiger partial charge in [0.15, 0.2) is 0 Å². The molecule has 1 aliphatic heterocycles. The first-order chi connectivity index (χ1) is 11.6. The Balaban J connectivity index is 1.70. The molecular weight excluding hydrogens is 318 g/mol. The van der Waals surface area contributed by atoms with E-state index in [-0.39, 0.29) is 11.9 Å². The number of thiophene rings is 1. The molecule has 1 fully saturated rings. The molecule has 1 saturated heterocycles. The van der Waals surface area contributed by atoms with Crippen LogP contribution in [0.4, 0.5) is 5.69 Å². The van der Waals surface area contributed by atoms with E-state index in [9.17, 15) is 4.79 Å². The van der Waals surface area contributed by atoms with Crippen LogP contribution in [-0.4, -0.2) is 38.1 Å². The number of amides is 1. The lowest BCUT2D eigenvalue weighted by Crippen LogP contribution is -3.16. The van der Waals surface area contributed by atoms with Crippen LogP contribution < -0.4 is 15.1 Å². The number of nitrogens with one attached hydrogen (secondary N) is 2. The zero-order chi connectivity index (χ0) is 16.9. The van der Waals surface area contributed by atoms with Crippen molar-refractivity contribution in [1.29, 1.82) is 0 Å². The highest BCUT2D eigenvalue weighted by molar-refractivity contribution is 7.10. The Labute approximate surface area is 148 Å². The van der Waals surface area contributed by atoms with Crippen LogP contribution in [0.2, 0.25) is 0 Å². The minimum Gasteiger partial charge on any atom is -0.360 e. The quantitative estimate of drug-likeness (QED) is 0.867. The van der Waals surface area contributed by atoms with Gasteiger partial charge in [0.05, 0.1) is 37.1 Å². The molecule has 1 aliphatic rings. The van der Waals surface area contributed by atoms with E-state index in [0.717, 1.165) is 26.2 Å². The van der Waals surface area contributed by atoms with Crippen molar-refractivity contribution in [1.82, 2.24) is 5.32 Å². The number of benzene rings is 1. The van der Waals surface area contributed by atoms with E-state index in [1.54, 1.807) is 23.2 Å². The number of carbonyl (C=O) groups excluding carboxylic acids is 1. The van der Waals surface area contributed by atoms with Crippen LogP contribution in [0.5, 0.6) is 0 Å². The van der Waals surface area contributed by atoms with Gasteiger partial charge >= 0.3 is 0 Å². The van der Waals surface area contributed by atoms with Crippen LogP contribution in [-0.2, 0) is 4.79 Å². The molecule has 0 saturated carbocycles. The first kappa shape index (κ1) is 17.0. The van der Waals surface area contributed by atoms with Gasteiger partial charge in [0.25, 0.3) is 0 Å². The van der Waals surface area contributed by atoms with E-state index in [2.05, 4.69) is 65.0 Å². The predicted octanol–water partition coefficient (Wildman–Crippen LogP) is 1.72. The Kier molecular flexibility index (Phi) is 5.53. The lowest BCUT2D eigenvalue weighted by Gasteiger charge is -2.39. The molecule has 4 nitrogen and oxygen atoms in total.